The van der Waals surface area contributed by atoms with Crippen LogP contribution in [0.15, 0.2) is 48.5 Å². The van der Waals surface area contributed by atoms with Gasteiger partial charge < -0.3 is 24.2 Å². The molecule has 0 radical (unpaired) electrons. The normalized spacial score (nSPS) is 16.6. The number of morpholine rings is 1. The summed E-state index contributed by atoms with van der Waals surface area (Å²) < 4.78 is 36.7. The van der Waals surface area contributed by atoms with Gasteiger partial charge in [0.25, 0.3) is 5.91 Å². The van der Waals surface area contributed by atoms with Crippen molar-refractivity contribution in [1.29, 1.82) is 0 Å². The molecule has 2 aliphatic rings. The second-order valence-electron chi connectivity index (χ2n) is 8.79. The highest BCUT2D eigenvalue weighted by Gasteiger charge is 2.27. The molecule has 0 atom stereocenters. The van der Waals surface area contributed by atoms with Crippen LogP contribution in [-0.2, 0) is 19.6 Å². The summed E-state index contributed by atoms with van der Waals surface area (Å²) in [4.78, 5) is 31.3. The van der Waals surface area contributed by atoms with Crippen molar-refractivity contribution in [3.05, 3.63) is 54.1 Å². The third-order valence-electron chi connectivity index (χ3n) is 6.45. The largest absolute Gasteiger partial charge is 0.497 e. The van der Waals surface area contributed by atoms with E-state index < -0.39 is 10.0 Å². The van der Waals surface area contributed by atoms with Crippen molar-refractivity contribution < 1.29 is 27.5 Å². The van der Waals surface area contributed by atoms with Crippen LogP contribution in [0.2, 0.25) is 0 Å². The number of sulfonamides is 1. The van der Waals surface area contributed by atoms with Gasteiger partial charge >= 0.3 is 0 Å². The van der Waals surface area contributed by atoms with Gasteiger partial charge in [0.05, 0.1) is 32.3 Å². The predicted molar refractivity (Wildman–Crippen MR) is 137 cm³/mol. The molecule has 11 heteroatoms. The summed E-state index contributed by atoms with van der Waals surface area (Å²) in [7, 11) is -2.09. The van der Waals surface area contributed by atoms with Crippen LogP contribution in [0.25, 0.3) is 0 Å². The standard InChI is InChI=1S/C25H32N4O6S/c1-34-23-9-7-21(8-10-23)26-11-13-27(14-12-26)24(30)19-29(36(2,32)33)22-5-3-20(4-6-22)25(31)28-15-17-35-18-16-28/h3-10H,11-19H2,1-2H3. The maximum absolute atomic E-state index is 13.0. The third kappa shape index (κ3) is 6.08. The molecule has 2 aliphatic heterocycles. The molecule has 194 valence electrons. The highest BCUT2D eigenvalue weighted by molar-refractivity contribution is 7.92. The number of hydrogen-bond acceptors (Lipinski definition) is 7. The van der Waals surface area contributed by atoms with Gasteiger partial charge in [-0.3, -0.25) is 13.9 Å². The number of amides is 2. The zero-order valence-corrected chi connectivity index (χ0v) is 21.4. The first kappa shape index (κ1) is 25.8. The third-order valence-corrected chi connectivity index (χ3v) is 7.59. The lowest BCUT2D eigenvalue weighted by Gasteiger charge is -2.37. The van der Waals surface area contributed by atoms with Crippen LogP contribution in [0.4, 0.5) is 11.4 Å². The van der Waals surface area contributed by atoms with E-state index in [4.69, 9.17) is 9.47 Å². The van der Waals surface area contributed by atoms with Crippen molar-refractivity contribution in [3.63, 3.8) is 0 Å². The molecule has 2 aromatic carbocycles. The molecule has 2 amide bonds. The Morgan fingerprint density at radius 1 is 0.889 bits per heavy atom. The second kappa shape index (κ2) is 11.2. The summed E-state index contributed by atoms with van der Waals surface area (Å²) in [5, 5.41) is 0. The Hall–Kier alpha value is -3.31. The van der Waals surface area contributed by atoms with Crippen LogP contribution in [0.1, 0.15) is 10.4 Å². The van der Waals surface area contributed by atoms with E-state index in [9.17, 15) is 18.0 Å². The number of ether oxygens (including phenoxy) is 2. The molecule has 0 unspecified atom stereocenters. The molecular formula is C25H32N4O6S. The van der Waals surface area contributed by atoms with Crippen LogP contribution < -0.4 is 13.9 Å². The summed E-state index contributed by atoms with van der Waals surface area (Å²) in [6.07, 6.45) is 1.08. The van der Waals surface area contributed by atoms with Crippen molar-refractivity contribution in [2.45, 2.75) is 0 Å². The van der Waals surface area contributed by atoms with Crippen LogP contribution >= 0.6 is 0 Å². The van der Waals surface area contributed by atoms with E-state index in [1.54, 1.807) is 41.2 Å². The molecule has 0 saturated carbocycles. The molecule has 2 saturated heterocycles. The molecule has 4 rings (SSSR count). The molecule has 0 spiro atoms. The summed E-state index contributed by atoms with van der Waals surface area (Å²) >= 11 is 0. The Kier molecular flexibility index (Phi) is 8.00. The summed E-state index contributed by atoms with van der Waals surface area (Å²) in [5.74, 6) is 0.400. The van der Waals surface area contributed by atoms with Gasteiger partial charge in [0.1, 0.15) is 12.3 Å². The number of rotatable bonds is 7. The molecule has 10 nitrogen and oxygen atoms in total. The highest BCUT2D eigenvalue weighted by Crippen LogP contribution is 2.22. The monoisotopic (exact) mass is 516 g/mol. The number of hydrogen-bond donors (Lipinski definition) is 0. The summed E-state index contributed by atoms with van der Waals surface area (Å²) in [5.41, 5.74) is 1.86. The minimum Gasteiger partial charge on any atom is -0.497 e. The Morgan fingerprint density at radius 3 is 2.06 bits per heavy atom. The minimum absolute atomic E-state index is 0.124. The Bertz CT molecular complexity index is 1160. The quantitative estimate of drug-likeness (QED) is 0.547. The van der Waals surface area contributed by atoms with Crippen LogP contribution in [0, 0.1) is 0 Å². The van der Waals surface area contributed by atoms with Crippen LogP contribution in [0.5, 0.6) is 5.75 Å². The fraction of sp³-hybridized carbons (Fsp3) is 0.440. The molecule has 2 heterocycles. The summed E-state index contributed by atoms with van der Waals surface area (Å²) in [6, 6.07) is 14.1. The lowest BCUT2D eigenvalue weighted by Crippen LogP contribution is -2.52. The minimum atomic E-state index is -3.71. The van der Waals surface area contributed by atoms with Crippen molar-refractivity contribution in [3.8, 4) is 5.75 Å². The molecule has 2 fully saturated rings. The molecule has 0 aromatic heterocycles. The Balaban J connectivity index is 1.38. The van der Waals surface area contributed by atoms with Gasteiger partial charge in [0.2, 0.25) is 15.9 Å². The van der Waals surface area contributed by atoms with Gasteiger partial charge in [-0.1, -0.05) is 0 Å². The SMILES string of the molecule is COc1ccc(N2CCN(C(=O)CN(c3ccc(C(=O)N4CCOCC4)cc3)S(C)(=O)=O)CC2)cc1. The number of carbonyl (C=O) groups is 2. The van der Waals surface area contributed by atoms with Crippen molar-refractivity contribution in [2.24, 2.45) is 0 Å². The van der Waals surface area contributed by atoms with E-state index in [1.165, 1.54) is 0 Å². The highest BCUT2D eigenvalue weighted by atomic mass is 32.2. The van der Waals surface area contributed by atoms with Gasteiger partial charge in [-0.15, -0.1) is 0 Å². The van der Waals surface area contributed by atoms with E-state index in [0.717, 1.165) is 22.0 Å². The van der Waals surface area contributed by atoms with Crippen molar-refractivity contribution in [2.75, 3.05) is 81.6 Å². The number of anilines is 2. The van der Waals surface area contributed by atoms with Gasteiger partial charge in [-0.25, -0.2) is 8.42 Å². The lowest BCUT2D eigenvalue weighted by atomic mass is 10.1. The van der Waals surface area contributed by atoms with Gasteiger partial charge in [-0.05, 0) is 48.5 Å². The van der Waals surface area contributed by atoms with Gasteiger partial charge in [0, 0.05) is 50.5 Å². The number of methoxy groups -OCH3 is 1. The summed E-state index contributed by atoms with van der Waals surface area (Å²) in [6.45, 7) is 4.05. The molecule has 36 heavy (non-hydrogen) atoms. The fourth-order valence-electron chi connectivity index (χ4n) is 4.35. The number of nitrogens with zero attached hydrogens (tertiary/aromatic N) is 4. The van der Waals surface area contributed by atoms with Gasteiger partial charge in [-0.2, -0.15) is 0 Å². The van der Waals surface area contributed by atoms with Crippen molar-refractivity contribution in [1.82, 2.24) is 9.80 Å². The second-order valence-corrected chi connectivity index (χ2v) is 10.7. The number of carbonyl (C=O) groups excluding carboxylic acids is 2. The molecule has 0 N–H and O–H groups in total. The number of benzene rings is 2. The maximum Gasteiger partial charge on any atom is 0.254 e. The first-order valence-corrected chi connectivity index (χ1v) is 13.7. The smallest absolute Gasteiger partial charge is 0.254 e. The average molecular weight is 517 g/mol. The topological polar surface area (TPSA) is 99.7 Å². The van der Waals surface area contributed by atoms with E-state index in [2.05, 4.69) is 4.90 Å². The Morgan fingerprint density at radius 2 is 1.50 bits per heavy atom. The fourth-order valence-corrected chi connectivity index (χ4v) is 5.20. The van der Waals surface area contributed by atoms with Crippen LogP contribution in [0.3, 0.4) is 0 Å². The van der Waals surface area contributed by atoms with E-state index in [0.29, 0.717) is 63.7 Å². The first-order chi connectivity index (χ1) is 17.3. The molecular weight excluding hydrogens is 484 g/mol. The number of piperazine rings is 1. The molecule has 2 aromatic rings. The van der Waals surface area contributed by atoms with E-state index >= 15 is 0 Å². The zero-order valence-electron chi connectivity index (χ0n) is 20.6. The Labute approximate surface area is 212 Å². The predicted octanol–water partition coefficient (Wildman–Crippen LogP) is 1.28. The molecule has 0 aliphatic carbocycles. The van der Waals surface area contributed by atoms with Crippen LogP contribution in [-0.4, -0.2) is 102 Å². The first-order valence-electron chi connectivity index (χ1n) is 11.9. The zero-order chi connectivity index (χ0) is 25.7. The van der Waals surface area contributed by atoms with E-state index in [1.807, 2.05) is 24.3 Å². The van der Waals surface area contributed by atoms with E-state index in [-0.39, 0.29) is 18.4 Å². The van der Waals surface area contributed by atoms with Crippen molar-refractivity contribution >= 4 is 33.2 Å². The average Bonchev–Trinajstić information content (AvgIpc) is 2.91. The van der Waals surface area contributed by atoms with Gasteiger partial charge in [0.15, 0.2) is 0 Å². The lowest BCUT2D eigenvalue weighted by molar-refractivity contribution is -0.129. The maximum atomic E-state index is 13.0. The molecule has 0 bridgehead atoms.